The van der Waals surface area contributed by atoms with Crippen molar-refractivity contribution in [1.82, 2.24) is 15.2 Å². The topological polar surface area (TPSA) is 41.6 Å². The highest BCUT2D eigenvalue weighted by Gasteiger charge is 2.11. The van der Waals surface area contributed by atoms with Crippen LogP contribution in [0.25, 0.3) is 11.3 Å². The summed E-state index contributed by atoms with van der Waals surface area (Å²) in [5.41, 5.74) is 4.25. The van der Waals surface area contributed by atoms with Crippen molar-refractivity contribution in [3.63, 3.8) is 0 Å². The van der Waals surface area contributed by atoms with Crippen LogP contribution >= 0.6 is 11.6 Å². The molecule has 0 aromatic carbocycles. The van der Waals surface area contributed by atoms with Crippen molar-refractivity contribution in [3.8, 4) is 11.3 Å². The van der Waals surface area contributed by atoms with Gasteiger partial charge in [0.25, 0.3) is 0 Å². The van der Waals surface area contributed by atoms with E-state index in [1.807, 2.05) is 25.3 Å². The number of halogens is 1. The first kappa shape index (κ1) is 10.2. The van der Waals surface area contributed by atoms with E-state index in [1.165, 1.54) is 5.56 Å². The van der Waals surface area contributed by atoms with Gasteiger partial charge in [-0.15, -0.1) is 11.6 Å². The minimum atomic E-state index is 0.605. The number of aromatic nitrogens is 3. The van der Waals surface area contributed by atoms with Crippen molar-refractivity contribution in [2.75, 3.05) is 5.88 Å². The van der Waals surface area contributed by atoms with Crippen LogP contribution in [0.1, 0.15) is 11.3 Å². The molecule has 0 unspecified atom stereocenters. The van der Waals surface area contributed by atoms with Crippen LogP contribution in [0.4, 0.5) is 0 Å². The molecule has 0 radical (unpaired) electrons. The highest BCUT2D eigenvalue weighted by molar-refractivity contribution is 6.18. The van der Waals surface area contributed by atoms with E-state index in [0.29, 0.717) is 5.88 Å². The maximum Gasteiger partial charge on any atom is 0.0971 e. The third-order valence-electron chi connectivity index (χ3n) is 2.35. The molecule has 0 saturated heterocycles. The van der Waals surface area contributed by atoms with Gasteiger partial charge in [-0.25, -0.2) is 0 Å². The van der Waals surface area contributed by atoms with Gasteiger partial charge in [-0.2, -0.15) is 5.10 Å². The third kappa shape index (κ3) is 2.02. The van der Waals surface area contributed by atoms with E-state index in [1.54, 1.807) is 6.20 Å². The molecule has 0 fully saturated rings. The number of alkyl halides is 1. The molecule has 2 heterocycles. The van der Waals surface area contributed by atoms with Crippen LogP contribution in [-0.2, 0) is 6.42 Å². The predicted molar refractivity (Wildman–Crippen MR) is 61.0 cm³/mol. The van der Waals surface area contributed by atoms with Crippen LogP contribution in [0, 0.1) is 6.92 Å². The van der Waals surface area contributed by atoms with E-state index < -0.39 is 0 Å². The Morgan fingerprint density at radius 1 is 1.47 bits per heavy atom. The second kappa shape index (κ2) is 4.45. The Balaban J connectivity index is 2.44. The molecule has 0 aliphatic heterocycles. The van der Waals surface area contributed by atoms with Gasteiger partial charge in [-0.3, -0.25) is 10.1 Å². The van der Waals surface area contributed by atoms with Gasteiger partial charge >= 0.3 is 0 Å². The predicted octanol–water partition coefficient (Wildman–Crippen LogP) is 2.56. The first-order chi connectivity index (χ1) is 7.33. The fraction of sp³-hybridized carbons (Fsp3) is 0.273. The van der Waals surface area contributed by atoms with Gasteiger partial charge < -0.3 is 0 Å². The molecular weight excluding hydrogens is 210 g/mol. The van der Waals surface area contributed by atoms with Crippen LogP contribution in [-0.4, -0.2) is 21.1 Å². The zero-order chi connectivity index (χ0) is 10.7. The van der Waals surface area contributed by atoms with Crippen molar-refractivity contribution in [3.05, 3.63) is 35.8 Å². The molecule has 3 nitrogen and oxygen atoms in total. The highest BCUT2D eigenvalue weighted by atomic mass is 35.5. The molecule has 0 saturated carbocycles. The molecule has 0 spiro atoms. The molecule has 0 bridgehead atoms. The molecule has 4 heteroatoms. The number of aryl methyl sites for hydroxylation is 1. The maximum absolute atomic E-state index is 5.77. The van der Waals surface area contributed by atoms with Crippen LogP contribution in [0.5, 0.6) is 0 Å². The summed E-state index contributed by atoms with van der Waals surface area (Å²) < 4.78 is 0. The van der Waals surface area contributed by atoms with Gasteiger partial charge in [0, 0.05) is 35.1 Å². The van der Waals surface area contributed by atoms with Gasteiger partial charge in [0.15, 0.2) is 0 Å². The van der Waals surface area contributed by atoms with Gasteiger partial charge in [-0.05, 0) is 25.5 Å². The summed E-state index contributed by atoms with van der Waals surface area (Å²) in [7, 11) is 0. The zero-order valence-electron chi connectivity index (χ0n) is 8.50. The smallest absolute Gasteiger partial charge is 0.0971 e. The summed E-state index contributed by atoms with van der Waals surface area (Å²) in [6.45, 7) is 2.01. The van der Waals surface area contributed by atoms with Crippen molar-refractivity contribution < 1.29 is 0 Å². The molecule has 2 aromatic rings. The van der Waals surface area contributed by atoms with Gasteiger partial charge in [-0.1, -0.05) is 0 Å². The lowest BCUT2D eigenvalue weighted by Gasteiger charge is -2.00. The monoisotopic (exact) mass is 221 g/mol. The molecule has 2 aromatic heterocycles. The lowest BCUT2D eigenvalue weighted by Crippen LogP contribution is -1.91. The number of hydrogen-bond acceptors (Lipinski definition) is 2. The summed E-state index contributed by atoms with van der Waals surface area (Å²) >= 11 is 5.77. The van der Waals surface area contributed by atoms with E-state index >= 15 is 0 Å². The van der Waals surface area contributed by atoms with Crippen LogP contribution in [0.3, 0.4) is 0 Å². The molecule has 2 rings (SSSR count). The van der Waals surface area contributed by atoms with Crippen LogP contribution < -0.4 is 0 Å². The van der Waals surface area contributed by atoms with Crippen molar-refractivity contribution >= 4 is 11.6 Å². The maximum atomic E-state index is 5.77. The molecule has 78 valence electrons. The fourth-order valence-corrected chi connectivity index (χ4v) is 1.78. The first-order valence-electron chi connectivity index (χ1n) is 4.83. The molecule has 0 atom stereocenters. The summed E-state index contributed by atoms with van der Waals surface area (Å²) in [5, 5.41) is 7.27. The number of nitrogens with zero attached hydrogens (tertiary/aromatic N) is 2. The molecule has 0 aliphatic rings. The Hall–Kier alpha value is -1.35. The van der Waals surface area contributed by atoms with Crippen molar-refractivity contribution in [1.29, 1.82) is 0 Å². The number of aromatic amines is 1. The Morgan fingerprint density at radius 3 is 3.00 bits per heavy atom. The molecule has 1 N–H and O–H groups in total. The summed E-state index contributed by atoms with van der Waals surface area (Å²) in [5.74, 6) is 0.605. The van der Waals surface area contributed by atoms with E-state index in [2.05, 4.69) is 15.2 Å². The summed E-state index contributed by atoms with van der Waals surface area (Å²) in [4.78, 5) is 4.08. The Morgan fingerprint density at radius 2 is 2.33 bits per heavy atom. The van der Waals surface area contributed by atoms with E-state index in [0.717, 1.165) is 23.4 Å². The van der Waals surface area contributed by atoms with Crippen molar-refractivity contribution in [2.24, 2.45) is 0 Å². The molecule has 15 heavy (non-hydrogen) atoms. The zero-order valence-corrected chi connectivity index (χ0v) is 9.25. The Labute approximate surface area is 93.5 Å². The minimum Gasteiger partial charge on any atom is -0.282 e. The average Bonchev–Trinajstić information content (AvgIpc) is 2.63. The number of rotatable bonds is 3. The quantitative estimate of drug-likeness (QED) is 0.810. The van der Waals surface area contributed by atoms with Gasteiger partial charge in [0.2, 0.25) is 0 Å². The second-order valence-corrected chi connectivity index (χ2v) is 3.73. The highest BCUT2D eigenvalue weighted by Crippen LogP contribution is 2.23. The summed E-state index contributed by atoms with van der Waals surface area (Å²) in [6.07, 6.45) is 4.39. The Kier molecular flexibility index (Phi) is 3.02. The van der Waals surface area contributed by atoms with E-state index in [4.69, 9.17) is 11.6 Å². The van der Waals surface area contributed by atoms with E-state index in [-0.39, 0.29) is 0 Å². The van der Waals surface area contributed by atoms with Crippen LogP contribution in [0.15, 0.2) is 24.5 Å². The minimum absolute atomic E-state index is 0.605. The third-order valence-corrected chi connectivity index (χ3v) is 2.54. The lowest BCUT2D eigenvalue weighted by molar-refractivity contribution is 1.04. The number of nitrogens with one attached hydrogen (secondary N) is 1. The average molecular weight is 222 g/mol. The number of pyridine rings is 1. The van der Waals surface area contributed by atoms with Crippen LogP contribution in [0.2, 0.25) is 0 Å². The normalized spacial score (nSPS) is 10.5. The molecular formula is C11H12ClN3. The second-order valence-electron chi connectivity index (χ2n) is 3.36. The lowest BCUT2D eigenvalue weighted by atomic mass is 10.1. The standard InChI is InChI=1S/C11H12ClN3/c1-8-10(4-5-12)11(15-14-8)9-3-2-6-13-7-9/h2-3,6-7H,4-5H2,1H3,(H,14,15). The SMILES string of the molecule is Cc1[nH]nc(-c2cccnc2)c1CCCl. The number of hydrogen-bond donors (Lipinski definition) is 1. The van der Waals surface area contributed by atoms with Crippen molar-refractivity contribution in [2.45, 2.75) is 13.3 Å². The molecule has 0 amide bonds. The first-order valence-corrected chi connectivity index (χ1v) is 5.36. The molecule has 0 aliphatic carbocycles. The number of H-pyrrole nitrogens is 1. The van der Waals surface area contributed by atoms with E-state index in [9.17, 15) is 0 Å². The fourth-order valence-electron chi connectivity index (χ4n) is 1.59. The largest absolute Gasteiger partial charge is 0.282 e. The summed E-state index contributed by atoms with van der Waals surface area (Å²) in [6, 6.07) is 3.91. The Bertz CT molecular complexity index is 436. The van der Waals surface area contributed by atoms with Gasteiger partial charge in [0.05, 0.1) is 5.69 Å². The van der Waals surface area contributed by atoms with Gasteiger partial charge in [0.1, 0.15) is 0 Å².